The van der Waals surface area contributed by atoms with E-state index >= 15 is 0 Å². The monoisotopic (exact) mass is 373 g/mol. The van der Waals surface area contributed by atoms with Gasteiger partial charge in [-0.2, -0.15) is 0 Å². The van der Waals surface area contributed by atoms with Crippen LogP contribution < -0.4 is 10.1 Å². The van der Waals surface area contributed by atoms with Gasteiger partial charge in [-0.1, -0.05) is 19.3 Å². The van der Waals surface area contributed by atoms with Gasteiger partial charge in [0.1, 0.15) is 11.4 Å². The number of aromatic amines is 1. The molecule has 1 aromatic carbocycles. The van der Waals surface area contributed by atoms with Crippen molar-refractivity contribution in [2.75, 3.05) is 33.1 Å². The Bertz CT molecular complexity index is 824. The second kappa shape index (κ2) is 8.43. The van der Waals surface area contributed by atoms with Gasteiger partial charge in [-0.15, -0.1) is 0 Å². The van der Waals surface area contributed by atoms with E-state index in [9.17, 15) is 9.59 Å². The van der Waals surface area contributed by atoms with Crippen LogP contribution in [0.3, 0.4) is 0 Å². The minimum absolute atomic E-state index is 0.148. The maximum absolute atomic E-state index is 12.6. The van der Waals surface area contributed by atoms with Gasteiger partial charge in [0.2, 0.25) is 5.91 Å². The largest absolute Gasteiger partial charge is 0.497 e. The predicted molar refractivity (Wildman–Crippen MR) is 104 cm³/mol. The average Bonchev–Trinajstić information content (AvgIpc) is 3.05. The normalized spacial score (nSPS) is 15.1. The molecule has 1 aliphatic carbocycles. The van der Waals surface area contributed by atoms with Crippen molar-refractivity contribution in [1.82, 2.24) is 9.88 Å². The van der Waals surface area contributed by atoms with Crippen molar-refractivity contribution in [1.29, 1.82) is 0 Å². The standard InChI is InChI=1S/C20H27N3O4/c1-23(13-7-5-4-6-8-13)12-17(24)22-18-15-10-9-14(26-2)11-16(15)21-19(18)20(25)27-3/h9-11,13,21H,4-8,12H2,1-3H3,(H,22,24). The summed E-state index contributed by atoms with van der Waals surface area (Å²) in [5, 5.41) is 3.64. The maximum Gasteiger partial charge on any atom is 0.356 e. The molecule has 1 heterocycles. The molecule has 0 aliphatic heterocycles. The molecule has 1 amide bonds. The van der Waals surface area contributed by atoms with Crippen LogP contribution in [0.1, 0.15) is 42.6 Å². The summed E-state index contributed by atoms with van der Waals surface area (Å²) in [6.45, 7) is 0.286. The third-order valence-corrected chi connectivity index (χ3v) is 5.25. The number of hydrogen-bond acceptors (Lipinski definition) is 5. The summed E-state index contributed by atoms with van der Waals surface area (Å²) in [5.74, 6) is -0.0129. The molecule has 0 spiro atoms. The highest BCUT2D eigenvalue weighted by atomic mass is 16.5. The summed E-state index contributed by atoms with van der Waals surface area (Å²) in [4.78, 5) is 29.9. The molecule has 1 saturated carbocycles. The molecular weight excluding hydrogens is 346 g/mol. The van der Waals surface area contributed by atoms with E-state index in [1.807, 2.05) is 13.1 Å². The smallest absolute Gasteiger partial charge is 0.356 e. The van der Waals surface area contributed by atoms with Crippen LogP contribution in [0.4, 0.5) is 5.69 Å². The first-order chi connectivity index (χ1) is 13.0. The number of rotatable bonds is 6. The quantitative estimate of drug-likeness (QED) is 0.760. The van der Waals surface area contributed by atoms with Gasteiger partial charge in [0.15, 0.2) is 0 Å². The zero-order chi connectivity index (χ0) is 19.4. The van der Waals surface area contributed by atoms with Gasteiger partial charge in [-0.25, -0.2) is 4.79 Å². The SMILES string of the molecule is COC(=O)c1[nH]c2cc(OC)ccc2c1NC(=O)CN(C)C1CCCCC1. The Balaban J connectivity index is 1.81. The first-order valence-corrected chi connectivity index (χ1v) is 9.31. The number of likely N-dealkylation sites (N-methyl/N-ethyl adjacent to an activating group) is 1. The molecule has 1 aromatic heterocycles. The lowest BCUT2D eigenvalue weighted by Gasteiger charge is -2.30. The Morgan fingerprint density at radius 3 is 2.63 bits per heavy atom. The van der Waals surface area contributed by atoms with Crippen LogP contribution in [0.5, 0.6) is 5.75 Å². The number of amides is 1. The van der Waals surface area contributed by atoms with Crippen LogP contribution in [-0.4, -0.2) is 55.6 Å². The summed E-state index contributed by atoms with van der Waals surface area (Å²) >= 11 is 0. The van der Waals surface area contributed by atoms with Crippen LogP contribution in [0.25, 0.3) is 10.9 Å². The highest BCUT2D eigenvalue weighted by Gasteiger charge is 2.23. The molecule has 7 nitrogen and oxygen atoms in total. The van der Waals surface area contributed by atoms with Crippen LogP contribution in [0.2, 0.25) is 0 Å². The number of benzene rings is 1. The summed E-state index contributed by atoms with van der Waals surface area (Å²) in [7, 11) is 4.88. The lowest BCUT2D eigenvalue weighted by Crippen LogP contribution is -2.39. The molecule has 7 heteroatoms. The molecule has 1 aliphatic rings. The van der Waals surface area contributed by atoms with E-state index in [-0.39, 0.29) is 18.1 Å². The number of nitrogens with zero attached hydrogens (tertiary/aromatic N) is 1. The number of esters is 1. The maximum atomic E-state index is 12.6. The Labute approximate surface area is 159 Å². The zero-order valence-corrected chi connectivity index (χ0v) is 16.1. The second-order valence-electron chi connectivity index (χ2n) is 7.03. The minimum atomic E-state index is -0.527. The second-order valence-corrected chi connectivity index (χ2v) is 7.03. The summed E-state index contributed by atoms with van der Waals surface area (Å²) in [6.07, 6.45) is 5.97. The molecule has 27 heavy (non-hydrogen) atoms. The predicted octanol–water partition coefficient (Wildman–Crippen LogP) is 3.17. The molecule has 2 N–H and O–H groups in total. The summed E-state index contributed by atoms with van der Waals surface area (Å²) in [5.41, 5.74) is 1.38. The van der Waals surface area contributed by atoms with Crippen LogP contribution in [-0.2, 0) is 9.53 Å². The zero-order valence-electron chi connectivity index (χ0n) is 16.1. The van der Waals surface area contributed by atoms with Gasteiger partial charge in [-0.05, 0) is 32.0 Å². The molecule has 0 radical (unpaired) electrons. The highest BCUT2D eigenvalue weighted by molar-refractivity contribution is 6.11. The molecule has 0 saturated heterocycles. The number of methoxy groups -OCH3 is 2. The fraction of sp³-hybridized carbons (Fsp3) is 0.500. The number of anilines is 1. The Kier molecular flexibility index (Phi) is 6.01. The number of aromatic nitrogens is 1. The van der Waals surface area contributed by atoms with Gasteiger partial charge >= 0.3 is 5.97 Å². The molecule has 0 atom stereocenters. The Hall–Kier alpha value is -2.54. The number of carbonyl (C=O) groups excluding carboxylic acids is 2. The van der Waals surface area contributed by atoms with Crippen molar-refractivity contribution < 1.29 is 19.1 Å². The highest BCUT2D eigenvalue weighted by Crippen LogP contribution is 2.31. The van der Waals surface area contributed by atoms with Crippen molar-refractivity contribution in [3.05, 3.63) is 23.9 Å². The van der Waals surface area contributed by atoms with Crippen LogP contribution in [0.15, 0.2) is 18.2 Å². The van der Waals surface area contributed by atoms with Gasteiger partial charge < -0.3 is 19.8 Å². The van der Waals surface area contributed by atoms with Crippen LogP contribution >= 0.6 is 0 Å². The van der Waals surface area contributed by atoms with E-state index in [1.54, 1.807) is 19.2 Å². The number of H-pyrrole nitrogens is 1. The summed E-state index contributed by atoms with van der Waals surface area (Å²) in [6, 6.07) is 5.83. The molecule has 3 rings (SSSR count). The number of carbonyl (C=O) groups is 2. The molecule has 0 bridgehead atoms. The Morgan fingerprint density at radius 1 is 1.22 bits per heavy atom. The van der Waals surface area contributed by atoms with E-state index < -0.39 is 5.97 Å². The topological polar surface area (TPSA) is 83.7 Å². The van der Waals surface area contributed by atoms with Crippen LogP contribution in [0, 0.1) is 0 Å². The Morgan fingerprint density at radius 2 is 1.96 bits per heavy atom. The van der Waals surface area contributed by atoms with Crippen molar-refractivity contribution in [3.63, 3.8) is 0 Å². The molecule has 146 valence electrons. The number of nitrogens with one attached hydrogen (secondary N) is 2. The average molecular weight is 373 g/mol. The number of fused-ring (bicyclic) bond motifs is 1. The van der Waals surface area contributed by atoms with Crippen molar-refractivity contribution in [2.45, 2.75) is 38.1 Å². The van der Waals surface area contributed by atoms with E-state index in [0.29, 0.717) is 23.0 Å². The van der Waals surface area contributed by atoms with Gasteiger partial charge in [0.05, 0.1) is 32.0 Å². The van der Waals surface area contributed by atoms with Crippen molar-refractivity contribution >= 4 is 28.5 Å². The number of ether oxygens (including phenoxy) is 2. The molecule has 0 unspecified atom stereocenters. The minimum Gasteiger partial charge on any atom is -0.497 e. The van der Waals surface area contributed by atoms with E-state index in [4.69, 9.17) is 9.47 Å². The third-order valence-electron chi connectivity index (χ3n) is 5.25. The fourth-order valence-electron chi connectivity index (χ4n) is 3.74. The van der Waals surface area contributed by atoms with E-state index in [2.05, 4.69) is 15.2 Å². The van der Waals surface area contributed by atoms with Gasteiger partial charge in [0, 0.05) is 17.5 Å². The molecule has 2 aromatic rings. The van der Waals surface area contributed by atoms with Gasteiger partial charge in [-0.3, -0.25) is 9.69 Å². The molecule has 1 fully saturated rings. The lowest BCUT2D eigenvalue weighted by molar-refractivity contribution is -0.117. The fourth-order valence-corrected chi connectivity index (χ4v) is 3.74. The van der Waals surface area contributed by atoms with Gasteiger partial charge in [0.25, 0.3) is 0 Å². The lowest BCUT2D eigenvalue weighted by atomic mass is 9.94. The van der Waals surface area contributed by atoms with E-state index in [0.717, 1.165) is 18.2 Å². The summed E-state index contributed by atoms with van der Waals surface area (Å²) < 4.78 is 10.1. The first kappa shape index (κ1) is 19.2. The van der Waals surface area contributed by atoms with E-state index in [1.165, 1.54) is 26.4 Å². The van der Waals surface area contributed by atoms with Crippen molar-refractivity contribution in [2.24, 2.45) is 0 Å². The van der Waals surface area contributed by atoms with Crippen molar-refractivity contribution in [3.8, 4) is 5.75 Å². The molecular formula is C20H27N3O4. The number of hydrogen-bond donors (Lipinski definition) is 2. The first-order valence-electron chi connectivity index (χ1n) is 9.31. The third kappa shape index (κ3) is 4.24.